The fourth-order valence-electron chi connectivity index (χ4n) is 3.54. The maximum absolute atomic E-state index is 12.7. The van der Waals surface area contributed by atoms with Crippen LogP contribution >= 0.6 is 11.6 Å². The van der Waals surface area contributed by atoms with E-state index in [-0.39, 0.29) is 5.91 Å². The van der Waals surface area contributed by atoms with Gasteiger partial charge in [-0.25, -0.2) is 9.98 Å². The summed E-state index contributed by atoms with van der Waals surface area (Å²) in [7, 11) is 1.63. The number of hydrogen-bond donors (Lipinski definition) is 2. The molecular formula is C23H18ClN5O2. The van der Waals surface area contributed by atoms with Gasteiger partial charge in [0, 0.05) is 10.6 Å². The van der Waals surface area contributed by atoms with Crippen molar-refractivity contribution in [3.05, 3.63) is 88.9 Å². The zero-order chi connectivity index (χ0) is 21.4. The number of imidazole rings is 1. The van der Waals surface area contributed by atoms with Crippen LogP contribution in [0.1, 0.15) is 22.1 Å². The van der Waals surface area contributed by atoms with E-state index in [2.05, 4.69) is 15.6 Å². The molecule has 7 nitrogen and oxygen atoms in total. The molecule has 2 heterocycles. The molecule has 0 spiro atoms. The van der Waals surface area contributed by atoms with E-state index < -0.39 is 6.17 Å². The minimum atomic E-state index is -0.407. The van der Waals surface area contributed by atoms with E-state index in [9.17, 15) is 4.79 Å². The van der Waals surface area contributed by atoms with Crippen molar-refractivity contribution in [1.82, 2.24) is 14.9 Å². The van der Waals surface area contributed by atoms with Crippen molar-refractivity contribution in [2.45, 2.75) is 6.17 Å². The maximum Gasteiger partial charge on any atom is 0.257 e. The van der Waals surface area contributed by atoms with Gasteiger partial charge in [0.1, 0.15) is 5.75 Å². The normalized spacial score (nSPS) is 15.0. The number of guanidine groups is 1. The Morgan fingerprint density at radius 3 is 2.55 bits per heavy atom. The van der Waals surface area contributed by atoms with E-state index in [0.29, 0.717) is 22.5 Å². The first-order chi connectivity index (χ1) is 15.1. The molecule has 8 heteroatoms. The molecule has 0 aliphatic carbocycles. The van der Waals surface area contributed by atoms with Crippen molar-refractivity contribution < 1.29 is 9.53 Å². The van der Waals surface area contributed by atoms with Crippen LogP contribution in [0.5, 0.6) is 5.75 Å². The van der Waals surface area contributed by atoms with Gasteiger partial charge in [-0.3, -0.25) is 20.0 Å². The third-order valence-electron chi connectivity index (χ3n) is 5.07. The van der Waals surface area contributed by atoms with Crippen molar-refractivity contribution in [2.24, 2.45) is 4.99 Å². The van der Waals surface area contributed by atoms with Crippen LogP contribution in [0.3, 0.4) is 0 Å². The van der Waals surface area contributed by atoms with E-state index in [4.69, 9.17) is 21.3 Å². The van der Waals surface area contributed by atoms with E-state index in [1.54, 1.807) is 31.4 Å². The van der Waals surface area contributed by atoms with E-state index in [0.717, 1.165) is 22.3 Å². The fourth-order valence-corrected chi connectivity index (χ4v) is 3.67. The monoisotopic (exact) mass is 431 g/mol. The Morgan fingerprint density at radius 2 is 1.81 bits per heavy atom. The highest BCUT2D eigenvalue weighted by Crippen LogP contribution is 2.33. The number of amides is 1. The number of nitrogens with zero attached hydrogens (tertiary/aromatic N) is 3. The minimum Gasteiger partial charge on any atom is -0.497 e. The van der Waals surface area contributed by atoms with E-state index in [1.807, 2.05) is 53.1 Å². The molecule has 1 aliphatic heterocycles. The number of halogens is 1. The Balaban J connectivity index is 1.54. The molecule has 154 valence electrons. The van der Waals surface area contributed by atoms with Gasteiger partial charge >= 0.3 is 0 Å². The second-order valence-electron chi connectivity index (χ2n) is 7.00. The molecule has 1 atom stereocenters. The first-order valence-corrected chi connectivity index (χ1v) is 10.0. The number of carbonyl (C=O) groups excluding carboxylic acids is 1. The highest BCUT2D eigenvalue weighted by molar-refractivity contribution is 6.30. The predicted octanol–water partition coefficient (Wildman–Crippen LogP) is 4.46. The van der Waals surface area contributed by atoms with Crippen LogP contribution in [-0.2, 0) is 0 Å². The molecule has 0 bridgehead atoms. The number of anilines is 1. The Morgan fingerprint density at radius 1 is 1.06 bits per heavy atom. The van der Waals surface area contributed by atoms with Crippen LogP contribution in [0, 0.1) is 0 Å². The Labute approximate surface area is 183 Å². The van der Waals surface area contributed by atoms with Gasteiger partial charge in [0.15, 0.2) is 6.17 Å². The lowest BCUT2D eigenvalue weighted by Gasteiger charge is -2.25. The third-order valence-corrected chi connectivity index (χ3v) is 5.33. The molecule has 5 rings (SSSR count). The van der Waals surface area contributed by atoms with Gasteiger partial charge < -0.3 is 4.74 Å². The molecule has 0 fully saturated rings. The standard InChI is InChI=1S/C23H18ClN5O2/c1-31-17-12-8-14(9-13-17)20-26-22(27-21(30)15-6-10-16(24)11-7-15)28-23-25-18-4-2-3-5-19(18)29(20)23/h2-13,20H,1H3,(H2,25,26,27,28,30). The number of ether oxygens (including phenoxy) is 1. The zero-order valence-electron chi connectivity index (χ0n) is 16.5. The van der Waals surface area contributed by atoms with Gasteiger partial charge in [0.2, 0.25) is 11.9 Å². The van der Waals surface area contributed by atoms with Gasteiger partial charge in [0.25, 0.3) is 5.91 Å². The minimum absolute atomic E-state index is 0.291. The summed E-state index contributed by atoms with van der Waals surface area (Å²) in [6.07, 6.45) is -0.407. The first-order valence-electron chi connectivity index (χ1n) is 9.65. The molecule has 1 amide bonds. The number of carbonyl (C=O) groups is 1. The maximum atomic E-state index is 12.7. The molecular weight excluding hydrogens is 414 g/mol. The summed E-state index contributed by atoms with van der Waals surface area (Å²) in [6.45, 7) is 0. The molecule has 0 saturated heterocycles. The van der Waals surface area contributed by atoms with Crippen LogP contribution in [0.25, 0.3) is 11.0 Å². The lowest BCUT2D eigenvalue weighted by atomic mass is 10.1. The molecule has 1 aromatic heterocycles. The zero-order valence-corrected chi connectivity index (χ0v) is 17.3. The van der Waals surface area contributed by atoms with Gasteiger partial charge in [-0.05, 0) is 54.1 Å². The Bertz CT molecular complexity index is 1300. The number of methoxy groups -OCH3 is 1. The van der Waals surface area contributed by atoms with Crippen molar-refractivity contribution >= 4 is 40.4 Å². The number of fused-ring (bicyclic) bond motifs is 3. The van der Waals surface area contributed by atoms with Gasteiger partial charge in [-0.15, -0.1) is 0 Å². The van der Waals surface area contributed by atoms with Gasteiger partial charge in [-0.1, -0.05) is 35.9 Å². The molecule has 2 N–H and O–H groups in total. The number of hydrogen-bond acceptors (Lipinski definition) is 5. The molecule has 0 saturated carbocycles. The average molecular weight is 432 g/mol. The fraction of sp³-hybridized carbons (Fsp3) is 0.0870. The molecule has 31 heavy (non-hydrogen) atoms. The second kappa shape index (κ2) is 7.77. The number of nitrogens with one attached hydrogen (secondary N) is 2. The predicted molar refractivity (Wildman–Crippen MR) is 121 cm³/mol. The summed E-state index contributed by atoms with van der Waals surface area (Å²) < 4.78 is 7.29. The summed E-state index contributed by atoms with van der Waals surface area (Å²) in [5, 5.41) is 6.55. The Kier molecular flexibility index (Phi) is 4.80. The first kappa shape index (κ1) is 19.1. The number of para-hydroxylation sites is 2. The van der Waals surface area contributed by atoms with E-state index in [1.165, 1.54) is 0 Å². The van der Waals surface area contributed by atoms with Crippen molar-refractivity contribution in [3.8, 4) is 5.75 Å². The summed E-state index contributed by atoms with van der Waals surface area (Å²) in [5.41, 5.74) is 3.19. The average Bonchev–Trinajstić information content (AvgIpc) is 3.17. The number of aliphatic imine (C=N–C) groups is 1. The van der Waals surface area contributed by atoms with Gasteiger partial charge in [0.05, 0.1) is 18.1 Å². The SMILES string of the molecule is COc1ccc(C2N=C(NC(=O)c3ccc(Cl)cc3)Nc3nc4ccccc4n32)cc1. The largest absolute Gasteiger partial charge is 0.497 e. The smallest absolute Gasteiger partial charge is 0.257 e. The third kappa shape index (κ3) is 3.60. The van der Waals surface area contributed by atoms with Crippen LogP contribution in [0.15, 0.2) is 77.8 Å². The van der Waals surface area contributed by atoms with Crippen LogP contribution in [0.4, 0.5) is 5.95 Å². The summed E-state index contributed by atoms with van der Waals surface area (Å²) in [4.78, 5) is 22.2. The van der Waals surface area contributed by atoms with Crippen molar-refractivity contribution in [2.75, 3.05) is 12.4 Å². The molecule has 3 aromatic carbocycles. The van der Waals surface area contributed by atoms with Crippen molar-refractivity contribution in [1.29, 1.82) is 0 Å². The second-order valence-corrected chi connectivity index (χ2v) is 7.44. The molecule has 0 radical (unpaired) electrons. The van der Waals surface area contributed by atoms with E-state index >= 15 is 0 Å². The van der Waals surface area contributed by atoms with Crippen molar-refractivity contribution in [3.63, 3.8) is 0 Å². The van der Waals surface area contributed by atoms with Crippen LogP contribution in [0.2, 0.25) is 5.02 Å². The summed E-state index contributed by atoms with van der Waals surface area (Å²) >= 11 is 5.92. The summed E-state index contributed by atoms with van der Waals surface area (Å²) in [5.74, 6) is 1.39. The van der Waals surface area contributed by atoms with Crippen LogP contribution in [-0.4, -0.2) is 28.5 Å². The lowest BCUT2D eigenvalue weighted by Crippen LogP contribution is -2.40. The molecule has 1 unspecified atom stereocenters. The Hall–Kier alpha value is -3.84. The number of aromatic nitrogens is 2. The number of rotatable bonds is 3. The molecule has 4 aromatic rings. The van der Waals surface area contributed by atoms with Crippen LogP contribution < -0.4 is 15.4 Å². The van der Waals surface area contributed by atoms with Gasteiger partial charge in [-0.2, -0.15) is 0 Å². The highest BCUT2D eigenvalue weighted by atomic mass is 35.5. The highest BCUT2D eigenvalue weighted by Gasteiger charge is 2.27. The quantitative estimate of drug-likeness (QED) is 0.502. The molecule has 1 aliphatic rings. The lowest BCUT2D eigenvalue weighted by molar-refractivity contribution is 0.0976. The topological polar surface area (TPSA) is 80.5 Å². The number of benzene rings is 3. The summed E-state index contributed by atoms with van der Waals surface area (Å²) in [6, 6.07) is 22.2.